The fraction of sp³-hybridized carbons (Fsp3) is 0.467. The molecule has 0 saturated heterocycles. The summed E-state index contributed by atoms with van der Waals surface area (Å²) in [6.45, 7) is 1.91. The maximum absolute atomic E-state index is 12.0. The van der Waals surface area contributed by atoms with Crippen LogP contribution >= 0.6 is 0 Å². The molecule has 0 heterocycles. The van der Waals surface area contributed by atoms with E-state index in [9.17, 15) is 9.59 Å². The number of esters is 1. The Morgan fingerprint density at radius 3 is 2.55 bits per heavy atom. The second-order valence-electron chi connectivity index (χ2n) is 4.44. The number of carbonyl (C=O) groups excluding carboxylic acids is 2. The van der Waals surface area contributed by atoms with Gasteiger partial charge in [0.25, 0.3) is 0 Å². The molecule has 0 radical (unpaired) electrons. The van der Waals surface area contributed by atoms with E-state index in [0.717, 1.165) is 5.56 Å². The Kier molecular flexibility index (Phi) is 6.56. The molecule has 0 aliphatic carbocycles. The number of rotatable bonds is 7. The lowest BCUT2D eigenvalue weighted by molar-refractivity contribution is -0.141. The summed E-state index contributed by atoms with van der Waals surface area (Å²) in [7, 11) is 2.91. The van der Waals surface area contributed by atoms with Crippen molar-refractivity contribution >= 4 is 11.9 Å². The maximum atomic E-state index is 12.0. The molecular formula is C15H21NO4. The molecule has 1 unspecified atom stereocenters. The van der Waals surface area contributed by atoms with E-state index < -0.39 is 0 Å². The summed E-state index contributed by atoms with van der Waals surface area (Å²) in [5, 5.41) is 2.84. The SMILES string of the molecule is CCC(CC(=O)OC)NC(=O)Cc1ccccc1OC. The predicted molar refractivity (Wildman–Crippen MR) is 75.6 cm³/mol. The first kappa shape index (κ1) is 16.0. The first-order chi connectivity index (χ1) is 9.60. The van der Waals surface area contributed by atoms with Gasteiger partial charge in [0, 0.05) is 11.6 Å². The fourth-order valence-electron chi connectivity index (χ4n) is 1.88. The number of nitrogens with one attached hydrogen (secondary N) is 1. The van der Waals surface area contributed by atoms with Crippen LogP contribution in [0.5, 0.6) is 5.75 Å². The van der Waals surface area contributed by atoms with Gasteiger partial charge in [-0.3, -0.25) is 9.59 Å². The molecule has 1 aromatic rings. The zero-order valence-electron chi connectivity index (χ0n) is 12.1. The molecule has 5 heteroatoms. The molecule has 5 nitrogen and oxygen atoms in total. The molecule has 1 rings (SSSR count). The largest absolute Gasteiger partial charge is 0.496 e. The third-order valence-corrected chi connectivity index (χ3v) is 3.04. The zero-order valence-corrected chi connectivity index (χ0v) is 12.1. The molecule has 0 spiro atoms. The normalized spacial score (nSPS) is 11.6. The van der Waals surface area contributed by atoms with Crippen molar-refractivity contribution in [3.63, 3.8) is 0 Å². The van der Waals surface area contributed by atoms with Crippen molar-refractivity contribution in [2.75, 3.05) is 14.2 Å². The van der Waals surface area contributed by atoms with Gasteiger partial charge in [-0.2, -0.15) is 0 Å². The Bertz CT molecular complexity index is 459. The van der Waals surface area contributed by atoms with Crippen LogP contribution in [0.4, 0.5) is 0 Å². The van der Waals surface area contributed by atoms with Gasteiger partial charge in [-0.1, -0.05) is 25.1 Å². The van der Waals surface area contributed by atoms with Gasteiger partial charge < -0.3 is 14.8 Å². The molecule has 0 fully saturated rings. The Labute approximate surface area is 119 Å². The van der Waals surface area contributed by atoms with Crippen molar-refractivity contribution < 1.29 is 19.1 Å². The van der Waals surface area contributed by atoms with Crippen molar-refractivity contribution in [2.45, 2.75) is 32.2 Å². The quantitative estimate of drug-likeness (QED) is 0.771. The summed E-state index contributed by atoms with van der Waals surface area (Å²) in [6.07, 6.45) is 1.08. The van der Waals surface area contributed by atoms with Gasteiger partial charge in [0.15, 0.2) is 0 Å². The second-order valence-corrected chi connectivity index (χ2v) is 4.44. The van der Waals surface area contributed by atoms with Gasteiger partial charge in [-0.05, 0) is 12.5 Å². The van der Waals surface area contributed by atoms with E-state index in [0.29, 0.717) is 12.2 Å². The Balaban J connectivity index is 2.59. The maximum Gasteiger partial charge on any atom is 0.307 e. The molecule has 0 aliphatic heterocycles. The summed E-state index contributed by atoms with van der Waals surface area (Å²) < 4.78 is 9.81. The average molecular weight is 279 g/mol. The number of hydrogen-bond acceptors (Lipinski definition) is 4. The molecule has 0 saturated carbocycles. The highest BCUT2D eigenvalue weighted by Crippen LogP contribution is 2.17. The molecule has 1 amide bonds. The number of methoxy groups -OCH3 is 2. The minimum atomic E-state index is -0.325. The number of para-hydroxylation sites is 1. The first-order valence-corrected chi connectivity index (χ1v) is 6.58. The summed E-state index contributed by atoms with van der Waals surface area (Å²) >= 11 is 0. The summed E-state index contributed by atoms with van der Waals surface area (Å²) in [5.41, 5.74) is 0.820. The molecule has 20 heavy (non-hydrogen) atoms. The van der Waals surface area contributed by atoms with Crippen molar-refractivity contribution in [1.82, 2.24) is 5.32 Å². The van der Waals surface area contributed by atoms with Gasteiger partial charge in [0.05, 0.1) is 27.1 Å². The van der Waals surface area contributed by atoms with Crippen LogP contribution in [0.2, 0.25) is 0 Å². The van der Waals surface area contributed by atoms with Crippen LogP contribution in [-0.4, -0.2) is 32.1 Å². The molecule has 110 valence electrons. The predicted octanol–water partition coefficient (Wildman–Crippen LogP) is 1.70. The highest BCUT2D eigenvalue weighted by Gasteiger charge is 2.16. The van der Waals surface area contributed by atoms with Crippen LogP contribution < -0.4 is 10.1 Å². The number of ether oxygens (including phenoxy) is 2. The van der Waals surface area contributed by atoms with Crippen molar-refractivity contribution in [1.29, 1.82) is 0 Å². The van der Waals surface area contributed by atoms with E-state index in [1.807, 2.05) is 31.2 Å². The van der Waals surface area contributed by atoms with Crippen molar-refractivity contribution in [3.05, 3.63) is 29.8 Å². The van der Waals surface area contributed by atoms with E-state index in [4.69, 9.17) is 4.74 Å². The lowest BCUT2D eigenvalue weighted by Gasteiger charge is -2.16. The van der Waals surface area contributed by atoms with Gasteiger partial charge in [0.2, 0.25) is 5.91 Å². The van der Waals surface area contributed by atoms with Crippen molar-refractivity contribution in [2.24, 2.45) is 0 Å². The molecule has 0 aromatic heterocycles. The first-order valence-electron chi connectivity index (χ1n) is 6.58. The molecule has 0 aliphatic rings. The molecule has 1 aromatic carbocycles. The van der Waals surface area contributed by atoms with Crippen LogP contribution in [0.15, 0.2) is 24.3 Å². The standard InChI is InChI=1S/C15H21NO4/c1-4-12(10-15(18)20-3)16-14(17)9-11-7-5-6-8-13(11)19-2/h5-8,12H,4,9-10H2,1-3H3,(H,16,17). The van der Waals surface area contributed by atoms with Crippen molar-refractivity contribution in [3.8, 4) is 5.75 Å². The fourth-order valence-corrected chi connectivity index (χ4v) is 1.88. The number of carbonyl (C=O) groups is 2. The van der Waals surface area contributed by atoms with E-state index in [1.54, 1.807) is 7.11 Å². The molecule has 1 N–H and O–H groups in total. The molecular weight excluding hydrogens is 258 g/mol. The third kappa shape index (κ3) is 4.91. The van der Waals surface area contributed by atoms with Crippen LogP contribution in [0.3, 0.4) is 0 Å². The Hall–Kier alpha value is -2.04. The summed E-state index contributed by atoms with van der Waals surface area (Å²) in [6, 6.07) is 7.17. The molecule has 0 bridgehead atoms. The van der Waals surface area contributed by atoms with Crippen LogP contribution in [-0.2, 0) is 20.7 Å². The molecule has 1 atom stereocenters. The third-order valence-electron chi connectivity index (χ3n) is 3.04. The number of amides is 1. The van der Waals surface area contributed by atoms with Crippen LogP contribution in [0.25, 0.3) is 0 Å². The highest BCUT2D eigenvalue weighted by molar-refractivity contribution is 5.80. The van der Waals surface area contributed by atoms with E-state index >= 15 is 0 Å². The van der Waals surface area contributed by atoms with E-state index in [2.05, 4.69) is 10.1 Å². The van der Waals surface area contributed by atoms with Gasteiger partial charge in [0.1, 0.15) is 5.75 Å². The highest BCUT2D eigenvalue weighted by atomic mass is 16.5. The van der Waals surface area contributed by atoms with E-state index in [-0.39, 0.29) is 30.8 Å². The van der Waals surface area contributed by atoms with Crippen LogP contribution in [0, 0.1) is 0 Å². The van der Waals surface area contributed by atoms with Crippen LogP contribution in [0.1, 0.15) is 25.3 Å². The zero-order chi connectivity index (χ0) is 15.0. The Morgan fingerprint density at radius 2 is 1.95 bits per heavy atom. The lowest BCUT2D eigenvalue weighted by Crippen LogP contribution is -2.37. The smallest absolute Gasteiger partial charge is 0.307 e. The second kappa shape index (κ2) is 8.19. The number of benzene rings is 1. The van der Waals surface area contributed by atoms with E-state index in [1.165, 1.54) is 7.11 Å². The topological polar surface area (TPSA) is 64.6 Å². The van der Waals surface area contributed by atoms with Gasteiger partial charge >= 0.3 is 5.97 Å². The number of hydrogen-bond donors (Lipinski definition) is 1. The average Bonchev–Trinajstić information content (AvgIpc) is 2.46. The minimum Gasteiger partial charge on any atom is -0.496 e. The monoisotopic (exact) mass is 279 g/mol. The summed E-state index contributed by atoms with van der Waals surface area (Å²) in [4.78, 5) is 23.2. The van der Waals surface area contributed by atoms with Gasteiger partial charge in [-0.25, -0.2) is 0 Å². The summed E-state index contributed by atoms with van der Waals surface area (Å²) in [5.74, 6) is 0.225. The van der Waals surface area contributed by atoms with Gasteiger partial charge in [-0.15, -0.1) is 0 Å². The minimum absolute atomic E-state index is 0.134. The Morgan fingerprint density at radius 1 is 1.25 bits per heavy atom. The lowest BCUT2D eigenvalue weighted by atomic mass is 10.1.